The van der Waals surface area contributed by atoms with Crippen molar-refractivity contribution in [1.82, 2.24) is 9.21 Å². The molecule has 200 valence electrons. The number of esters is 1. The predicted octanol–water partition coefficient (Wildman–Crippen LogP) is 2.71. The number of fused-ring (bicyclic) bond motifs is 1. The SMILES string of the molecule is CCOC(=O)c1c(NC(=O)c2ccc(S(=O)(=O)N3CCOCC3)cc2)sc2c1CCN(C(=O)OCC)C2. The summed E-state index contributed by atoms with van der Waals surface area (Å²) in [6.07, 6.45) is -0.0140. The van der Waals surface area contributed by atoms with Gasteiger partial charge in [0.2, 0.25) is 10.0 Å². The molecule has 1 saturated heterocycles. The molecule has 0 radical (unpaired) electrons. The van der Waals surface area contributed by atoms with Crippen molar-refractivity contribution in [2.24, 2.45) is 0 Å². The van der Waals surface area contributed by atoms with Crippen molar-refractivity contribution >= 4 is 44.3 Å². The van der Waals surface area contributed by atoms with Crippen molar-refractivity contribution in [1.29, 1.82) is 0 Å². The molecule has 2 aromatic rings. The van der Waals surface area contributed by atoms with E-state index in [0.29, 0.717) is 31.2 Å². The number of amides is 2. The van der Waals surface area contributed by atoms with E-state index in [9.17, 15) is 22.8 Å². The number of ether oxygens (including phenoxy) is 3. The van der Waals surface area contributed by atoms with Crippen molar-refractivity contribution in [3.05, 3.63) is 45.8 Å². The van der Waals surface area contributed by atoms with Gasteiger partial charge in [0.15, 0.2) is 0 Å². The van der Waals surface area contributed by atoms with Crippen molar-refractivity contribution in [2.45, 2.75) is 31.7 Å². The van der Waals surface area contributed by atoms with Gasteiger partial charge in [-0.05, 0) is 50.1 Å². The number of sulfonamides is 1. The fourth-order valence-corrected chi connectivity index (χ4v) is 6.83. The van der Waals surface area contributed by atoms with Gasteiger partial charge in [-0.25, -0.2) is 18.0 Å². The van der Waals surface area contributed by atoms with Gasteiger partial charge in [-0.2, -0.15) is 4.31 Å². The lowest BCUT2D eigenvalue weighted by Gasteiger charge is -2.26. The maximum Gasteiger partial charge on any atom is 0.410 e. The molecule has 1 aromatic heterocycles. The quantitative estimate of drug-likeness (QED) is 0.520. The Morgan fingerprint density at radius 2 is 1.70 bits per heavy atom. The molecular formula is C24H29N3O8S2. The van der Waals surface area contributed by atoms with Crippen LogP contribution in [0.3, 0.4) is 0 Å². The molecule has 37 heavy (non-hydrogen) atoms. The fourth-order valence-electron chi connectivity index (χ4n) is 4.17. The smallest absolute Gasteiger partial charge is 0.410 e. The number of benzene rings is 1. The summed E-state index contributed by atoms with van der Waals surface area (Å²) in [5, 5.41) is 3.11. The van der Waals surface area contributed by atoms with Crippen molar-refractivity contribution < 1.29 is 37.0 Å². The zero-order valence-electron chi connectivity index (χ0n) is 20.7. The predicted molar refractivity (Wildman–Crippen MR) is 135 cm³/mol. The van der Waals surface area contributed by atoms with Crippen LogP contribution in [0.1, 0.15) is 45.0 Å². The topological polar surface area (TPSA) is 132 Å². The maximum atomic E-state index is 13.1. The number of carbonyl (C=O) groups is 3. The van der Waals surface area contributed by atoms with E-state index >= 15 is 0 Å². The van der Waals surface area contributed by atoms with Gasteiger partial charge >= 0.3 is 12.1 Å². The van der Waals surface area contributed by atoms with Crippen LogP contribution in [0.4, 0.5) is 9.80 Å². The molecule has 4 rings (SSSR count). The third kappa shape index (κ3) is 5.79. The van der Waals surface area contributed by atoms with E-state index in [1.165, 1.54) is 39.9 Å². The number of carbonyl (C=O) groups excluding carboxylic acids is 3. The van der Waals surface area contributed by atoms with Gasteiger partial charge in [-0.1, -0.05) is 0 Å². The summed E-state index contributed by atoms with van der Waals surface area (Å²) >= 11 is 1.21. The van der Waals surface area contributed by atoms with Crippen LogP contribution in [0.15, 0.2) is 29.2 Å². The van der Waals surface area contributed by atoms with Crippen molar-refractivity contribution in [2.75, 3.05) is 51.4 Å². The lowest BCUT2D eigenvalue weighted by molar-refractivity contribution is 0.0526. The number of morpholine rings is 1. The minimum absolute atomic E-state index is 0.0869. The molecule has 1 fully saturated rings. The summed E-state index contributed by atoms with van der Waals surface area (Å²) in [4.78, 5) is 40.4. The molecule has 1 N–H and O–H groups in total. The lowest BCUT2D eigenvalue weighted by atomic mass is 10.0. The Labute approximate surface area is 219 Å². The number of hydrogen-bond donors (Lipinski definition) is 1. The van der Waals surface area contributed by atoms with Gasteiger partial charge in [0.1, 0.15) is 5.00 Å². The van der Waals surface area contributed by atoms with E-state index in [2.05, 4.69) is 5.32 Å². The minimum Gasteiger partial charge on any atom is -0.462 e. The molecule has 3 heterocycles. The zero-order chi connectivity index (χ0) is 26.6. The minimum atomic E-state index is -3.69. The number of thiophene rings is 1. The number of anilines is 1. The van der Waals surface area contributed by atoms with E-state index < -0.39 is 28.0 Å². The van der Waals surface area contributed by atoms with Crippen LogP contribution in [0.2, 0.25) is 0 Å². The van der Waals surface area contributed by atoms with Crippen LogP contribution in [0.25, 0.3) is 0 Å². The van der Waals surface area contributed by atoms with Gasteiger partial charge in [0.05, 0.1) is 43.4 Å². The Morgan fingerprint density at radius 3 is 2.35 bits per heavy atom. The van der Waals surface area contributed by atoms with Gasteiger partial charge < -0.3 is 24.4 Å². The molecule has 2 aliphatic heterocycles. The van der Waals surface area contributed by atoms with E-state index in [1.807, 2.05) is 0 Å². The summed E-state index contributed by atoms with van der Waals surface area (Å²) in [5.41, 5.74) is 1.26. The molecule has 0 bridgehead atoms. The van der Waals surface area contributed by atoms with E-state index in [4.69, 9.17) is 14.2 Å². The van der Waals surface area contributed by atoms with Crippen molar-refractivity contribution in [3.63, 3.8) is 0 Å². The third-order valence-corrected chi connectivity index (χ3v) is 9.06. The molecule has 0 atom stereocenters. The Hall–Kier alpha value is -3.00. The van der Waals surface area contributed by atoms with Gasteiger partial charge in [0, 0.05) is 30.1 Å². The van der Waals surface area contributed by atoms with E-state index in [1.54, 1.807) is 18.7 Å². The first-order valence-corrected chi connectivity index (χ1v) is 14.2. The first kappa shape index (κ1) is 27.0. The Morgan fingerprint density at radius 1 is 1.03 bits per heavy atom. The van der Waals surface area contributed by atoms with Gasteiger partial charge in [-0.3, -0.25) is 4.79 Å². The molecular weight excluding hydrogens is 522 g/mol. The first-order valence-electron chi connectivity index (χ1n) is 12.0. The van der Waals surface area contributed by atoms with Crippen molar-refractivity contribution in [3.8, 4) is 0 Å². The van der Waals surface area contributed by atoms with E-state index in [0.717, 1.165) is 10.4 Å². The van der Waals surface area contributed by atoms with Gasteiger partial charge in [0.25, 0.3) is 5.91 Å². The molecule has 13 heteroatoms. The Bertz CT molecular complexity index is 1270. The summed E-state index contributed by atoms with van der Waals surface area (Å²) < 4.78 is 42.6. The molecule has 0 unspecified atom stereocenters. The number of nitrogens with zero attached hydrogens (tertiary/aromatic N) is 2. The first-order chi connectivity index (χ1) is 17.8. The second kappa shape index (κ2) is 11.6. The normalized spacial score (nSPS) is 16.1. The zero-order valence-corrected chi connectivity index (χ0v) is 22.3. The van der Waals surface area contributed by atoms with Gasteiger partial charge in [-0.15, -0.1) is 11.3 Å². The number of rotatable bonds is 7. The molecule has 0 spiro atoms. The monoisotopic (exact) mass is 551 g/mol. The molecule has 0 saturated carbocycles. The summed E-state index contributed by atoms with van der Waals surface area (Å²) in [5.74, 6) is -1.05. The average Bonchev–Trinajstić information content (AvgIpc) is 3.26. The third-order valence-electron chi connectivity index (χ3n) is 6.01. The summed E-state index contributed by atoms with van der Waals surface area (Å²) in [6, 6.07) is 5.65. The van der Waals surface area contributed by atoms with Crippen LogP contribution >= 0.6 is 11.3 Å². The van der Waals surface area contributed by atoms with Crippen LogP contribution in [0, 0.1) is 0 Å². The summed E-state index contributed by atoms with van der Waals surface area (Å²) in [7, 11) is -3.69. The highest BCUT2D eigenvalue weighted by atomic mass is 32.2. The summed E-state index contributed by atoms with van der Waals surface area (Å²) in [6.45, 7) is 5.72. The van der Waals surface area contributed by atoms with Crippen LogP contribution in [-0.4, -0.2) is 81.7 Å². The Kier molecular flexibility index (Phi) is 8.47. The van der Waals surface area contributed by atoms with Crippen LogP contribution < -0.4 is 5.32 Å². The average molecular weight is 552 g/mol. The largest absolute Gasteiger partial charge is 0.462 e. The van der Waals surface area contributed by atoms with E-state index in [-0.39, 0.29) is 48.9 Å². The number of nitrogens with one attached hydrogen (secondary N) is 1. The second-order valence-corrected chi connectivity index (χ2v) is 11.3. The molecule has 1 aromatic carbocycles. The highest BCUT2D eigenvalue weighted by molar-refractivity contribution is 7.89. The van der Waals surface area contributed by atoms with Crippen LogP contribution in [-0.2, 0) is 37.2 Å². The second-order valence-electron chi connectivity index (χ2n) is 8.29. The highest BCUT2D eigenvalue weighted by Gasteiger charge is 2.32. The Balaban J connectivity index is 1.55. The molecule has 2 aliphatic rings. The molecule has 0 aliphatic carbocycles. The standard InChI is InChI=1S/C24H29N3O8S2/c1-3-34-23(29)20-18-9-10-26(24(30)35-4-2)15-19(18)36-22(20)25-21(28)16-5-7-17(8-6-16)37(31,32)27-11-13-33-14-12-27/h5-8H,3-4,9-15H2,1-2H3,(H,25,28). The maximum absolute atomic E-state index is 13.1. The number of hydrogen-bond acceptors (Lipinski definition) is 9. The molecule has 2 amide bonds. The lowest BCUT2D eigenvalue weighted by Crippen LogP contribution is -2.40. The highest BCUT2D eigenvalue weighted by Crippen LogP contribution is 2.38. The van der Waals surface area contributed by atoms with Crippen LogP contribution in [0.5, 0.6) is 0 Å². The molecule has 11 nitrogen and oxygen atoms in total. The fraction of sp³-hybridized carbons (Fsp3) is 0.458.